The predicted octanol–water partition coefficient (Wildman–Crippen LogP) is 4.67. The van der Waals surface area contributed by atoms with E-state index in [9.17, 15) is 13.2 Å². The number of aromatic nitrogens is 1. The molecule has 1 aliphatic rings. The van der Waals surface area contributed by atoms with Gasteiger partial charge in [-0.3, -0.25) is 4.79 Å². The Hall–Kier alpha value is -2.49. The summed E-state index contributed by atoms with van der Waals surface area (Å²) in [4.78, 5) is 18.2. The first-order chi connectivity index (χ1) is 16.3. The molecule has 0 saturated carbocycles. The summed E-state index contributed by atoms with van der Waals surface area (Å²) in [6.07, 6.45) is 2.62. The van der Waals surface area contributed by atoms with Crippen molar-refractivity contribution in [2.24, 2.45) is 10.9 Å². The molecule has 3 aromatic rings. The van der Waals surface area contributed by atoms with Crippen molar-refractivity contribution in [3.8, 4) is 5.75 Å². The van der Waals surface area contributed by atoms with Crippen LogP contribution in [-0.2, 0) is 16.6 Å². The van der Waals surface area contributed by atoms with Gasteiger partial charge < -0.3 is 9.30 Å². The number of rotatable bonds is 7. The van der Waals surface area contributed by atoms with Gasteiger partial charge in [0.1, 0.15) is 11.3 Å². The molecule has 0 spiro atoms. The Morgan fingerprint density at radius 3 is 2.47 bits per heavy atom. The first-order valence-corrected chi connectivity index (χ1v) is 14.0. The second-order valence-electron chi connectivity index (χ2n) is 8.60. The Bertz CT molecular complexity index is 1330. The lowest BCUT2D eigenvalue weighted by atomic mass is 10.0. The van der Waals surface area contributed by atoms with Crippen molar-refractivity contribution in [2.45, 2.75) is 51.5 Å². The average molecular weight is 502 g/mol. The number of benzene rings is 2. The third-order valence-corrected chi connectivity index (χ3v) is 9.05. The lowest BCUT2D eigenvalue weighted by Crippen LogP contribution is -2.37. The number of para-hydroxylation sites is 1. The lowest BCUT2D eigenvalue weighted by Gasteiger charge is -2.29. The molecule has 0 atom stereocenters. The lowest BCUT2D eigenvalue weighted by molar-refractivity contribution is 0.0997. The summed E-state index contributed by atoms with van der Waals surface area (Å²) in [6, 6.07) is 12.0. The predicted molar refractivity (Wildman–Crippen MR) is 135 cm³/mol. The Labute approximate surface area is 204 Å². The topological polar surface area (TPSA) is 81.0 Å². The maximum Gasteiger partial charge on any atom is 0.279 e. The molecule has 0 radical (unpaired) electrons. The van der Waals surface area contributed by atoms with Crippen molar-refractivity contribution in [1.82, 2.24) is 8.87 Å². The van der Waals surface area contributed by atoms with E-state index in [1.54, 1.807) is 12.1 Å². The Morgan fingerprint density at radius 1 is 1.12 bits per heavy atom. The third-order valence-electron chi connectivity index (χ3n) is 6.09. The van der Waals surface area contributed by atoms with E-state index in [1.807, 2.05) is 29.7 Å². The highest BCUT2D eigenvalue weighted by atomic mass is 32.2. The summed E-state index contributed by atoms with van der Waals surface area (Å²) in [5.74, 6) is 0.924. The maximum absolute atomic E-state index is 13.0. The summed E-state index contributed by atoms with van der Waals surface area (Å²) in [6.45, 7) is 8.50. The van der Waals surface area contributed by atoms with Gasteiger partial charge in [0.2, 0.25) is 10.0 Å². The van der Waals surface area contributed by atoms with E-state index in [1.165, 1.54) is 27.8 Å². The van der Waals surface area contributed by atoms with Crippen LogP contribution in [0.25, 0.3) is 10.2 Å². The van der Waals surface area contributed by atoms with Crippen LogP contribution in [0.4, 0.5) is 0 Å². The molecular formula is C25H31N3O4S2. The number of aryl methyl sites for hydroxylation is 1. The zero-order valence-electron chi connectivity index (χ0n) is 19.9. The highest BCUT2D eigenvalue weighted by Gasteiger charge is 2.28. The van der Waals surface area contributed by atoms with Crippen LogP contribution >= 0.6 is 11.3 Å². The molecule has 0 aliphatic carbocycles. The van der Waals surface area contributed by atoms with Crippen LogP contribution in [0.3, 0.4) is 0 Å². The fraction of sp³-hybridized carbons (Fsp3) is 0.440. The Morgan fingerprint density at radius 2 is 1.82 bits per heavy atom. The van der Waals surface area contributed by atoms with Crippen LogP contribution in [0.15, 0.2) is 52.4 Å². The van der Waals surface area contributed by atoms with Crippen LogP contribution in [0.1, 0.15) is 50.4 Å². The number of ether oxygens (including phenoxy) is 1. The number of fused-ring (bicyclic) bond motifs is 1. The van der Waals surface area contributed by atoms with E-state index in [-0.39, 0.29) is 4.90 Å². The third kappa shape index (κ3) is 4.96. The molecule has 0 bridgehead atoms. The molecule has 182 valence electrons. The van der Waals surface area contributed by atoms with E-state index < -0.39 is 15.9 Å². The average Bonchev–Trinajstić information content (AvgIpc) is 3.17. The fourth-order valence-corrected chi connectivity index (χ4v) is 6.72. The van der Waals surface area contributed by atoms with Crippen molar-refractivity contribution >= 4 is 37.5 Å². The van der Waals surface area contributed by atoms with Crippen molar-refractivity contribution in [3.05, 3.63) is 52.8 Å². The monoisotopic (exact) mass is 501 g/mol. The van der Waals surface area contributed by atoms with Crippen LogP contribution in [0.2, 0.25) is 0 Å². The molecule has 2 heterocycles. The minimum Gasteiger partial charge on any atom is -0.492 e. The number of carbonyl (C=O) groups is 1. The summed E-state index contributed by atoms with van der Waals surface area (Å²) >= 11 is 1.45. The molecule has 1 amide bonds. The molecular weight excluding hydrogens is 470 g/mol. The van der Waals surface area contributed by atoms with Gasteiger partial charge in [0.15, 0.2) is 4.80 Å². The van der Waals surface area contributed by atoms with Crippen molar-refractivity contribution in [2.75, 3.05) is 19.7 Å². The first-order valence-electron chi connectivity index (χ1n) is 11.8. The van der Waals surface area contributed by atoms with Gasteiger partial charge in [-0.1, -0.05) is 31.3 Å². The van der Waals surface area contributed by atoms with E-state index in [0.29, 0.717) is 42.5 Å². The van der Waals surface area contributed by atoms with E-state index in [0.717, 1.165) is 35.2 Å². The van der Waals surface area contributed by atoms with E-state index in [2.05, 4.69) is 18.8 Å². The standard InChI is InChI=1S/C25H31N3O4S2/c1-4-15-28-23-21(32-5-2)7-6-8-22(23)33-25(28)26-24(29)19-9-11-20(12-10-19)34(30,31)27-16-13-18(3)14-17-27/h6-12,18H,4-5,13-17H2,1-3H3. The van der Waals surface area contributed by atoms with Gasteiger partial charge in [-0.05, 0) is 68.5 Å². The number of sulfonamides is 1. The number of thiazole rings is 1. The zero-order valence-corrected chi connectivity index (χ0v) is 21.5. The van der Waals surface area contributed by atoms with Crippen molar-refractivity contribution in [3.63, 3.8) is 0 Å². The summed E-state index contributed by atoms with van der Waals surface area (Å²) in [7, 11) is -3.55. The number of carbonyl (C=O) groups excluding carboxylic acids is 1. The summed E-state index contributed by atoms with van der Waals surface area (Å²) in [5.41, 5.74) is 1.30. The second kappa shape index (κ2) is 10.4. The number of amides is 1. The first kappa shape index (κ1) is 24.6. The van der Waals surface area contributed by atoms with Crippen LogP contribution in [0, 0.1) is 5.92 Å². The normalized spacial score (nSPS) is 16.3. The smallest absolute Gasteiger partial charge is 0.279 e. The van der Waals surface area contributed by atoms with Gasteiger partial charge in [-0.15, -0.1) is 0 Å². The highest BCUT2D eigenvalue weighted by Crippen LogP contribution is 2.28. The Balaban J connectivity index is 1.64. The van der Waals surface area contributed by atoms with Crippen molar-refractivity contribution in [1.29, 1.82) is 0 Å². The Kier molecular flexibility index (Phi) is 7.54. The van der Waals surface area contributed by atoms with E-state index >= 15 is 0 Å². The number of piperidine rings is 1. The highest BCUT2D eigenvalue weighted by molar-refractivity contribution is 7.89. The van der Waals surface area contributed by atoms with Gasteiger partial charge in [0.05, 0.1) is 16.2 Å². The quantitative estimate of drug-likeness (QED) is 0.471. The zero-order chi connectivity index (χ0) is 24.3. The molecule has 34 heavy (non-hydrogen) atoms. The molecule has 1 aromatic heterocycles. The molecule has 1 saturated heterocycles. The molecule has 2 aromatic carbocycles. The van der Waals surface area contributed by atoms with Gasteiger partial charge in [0, 0.05) is 25.2 Å². The minimum absolute atomic E-state index is 0.211. The molecule has 1 fully saturated rings. The molecule has 4 rings (SSSR count). The van der Waals surface area contributed by atoms with Gasteiger partial charge in [0.25, 0.3) is 5.91 Å². The molecule has 7 nitrogen and oxygen atoms in total. The molecule has 0 unspecified atom stereocenters. The van der Waals surface area contributed by atoms with Gasteiger partial charge in [-0.25, -0.2) is 8.42 Å². The van der Waals surface area contributed by atoms with Gasteiger partial charge >= 0.3 is 0 Å². The van der Waals surface area contributed by atoms with Crippen molar-refractivity contribution < 1.29 is 17.9 Å². The number of nitrogens with zero attached hydrogens (tertiary/aromatic N) is 3. The summed E-state index contributed by atoms with van der Waals surface area (Å²) < 4.78 is 36.3. The van der Waals surface area contributed by atoms with Crippen LogP contribution < -0.4 is 9.54 Å². The van der Waals surface area contributed by atoms with Gasteiger partial charge in [-0.2, -0.15) is 9.30 Å². The number of hydrogen-bond donors (Lipinski definition) is 0. The van der Waals surface area contributed by atoms with Crippen LogP contribution in [-0.4, -0.2) is 42.9 Å². The SMILES string of the molecule is CCCn1c(=NC(=O)c2ccc(S(=O)(=O)N3CCC(C)CC3)cc2)sc2cccc(OCC)c21. The maximum atomic E-state index is 13.0. The summed E-state index contributed by atoms with van der Waals surface area (Å²) in [5, 5.41) is 0. The number of hydrogen-bond acceptors (Lipinski definition) is 5. The molecule has 1 aliphatic heterocycles. The second-order valence-corrected chi connectivity index (χ2v) is 11.5. The van der Waals surface area contributed by atoms with Crippen LogP contribution in [0.5, 0.6) is 5.75 Å². The minimum atomic E-state index is -3.55. The van der Waals surface area contributed by atoms with E-state index in [4.69, 9.17) is 4.74 Å². The molecule has 0 N–H and O–H groups in total. The largest absolute Gasteiger partial charge is 0.492 e. The molecule has 9 heteroatoms. The fourth-order valence-electron chi connectivity index (χ4n) is 4.18.